The number of aliphatic hydroxyl groups excluding tert-OH is 1. The van der Waals surface area contributed by atoms with Crippen LogP contribution in [0.2, 0.25) is 0 Å². The van der Waals surface area contributed by atoms with Crippen LogP contribution >= 0.6 is 0 Å². The van der Waals surface area contributed by atoms with Crippen LogP contribution in [0.15, 0.2) is 54.6 Å². The van der Waals surface area contributed by atoms with Crippen LogP contribution in [0.25, 0.3) is 11.1 Å². The van der Waals surface area contributed by atoms with Crippen molar-refractivity contribution in [3.05, 3.63) is 60.2 Å². The van der Waals surface area contributed by atoms with Crippen molar-refractivity contribution in [2.45, 2.75) is 25.3 Å². The Labute approximate surface area is 131 Å². The molecule has 1 aliphatic heterocycles. The summed E-state index contributed by atoms with van der Waals surface area (Å²) in [4.78, 5) is 14.5. The second kappa shape index (κ2) is 6.75. The van der Waals surface area contributed by atoms with Crippen LogP contribution in [0, 0.1) is 0 Å². The third kappa shape index (κ3) is 3.04. The van der Waals surface area contributed by atoms with Gasteiger partial charge in [0.15, 0.2) is 0 Å². The molecule has 0 saturated carbocycles. The molecule has 0 spiro atoms. The van der Waals surface area contributed by atoms with Crippen molar-refractivity contribution in [1.29, 1.82) is 0 Å². The van der Waals surface area contributed by atoms with Gasteiger partial charge in [-0.1, -0.05) is 42.5 Å². The first kappa shape index (κ1) is 14.8. The van der Waals surface area contributed by atoms with Gasteiger partial charge >= 0.3 is 0 Å². The molecule has 1 amide bonds. The van der Waals surface area contributed by atoms with Crippen molar-refractivity contribution in [3.8, 4) is 11.1 Å². The molecule has 2 aromatic rings. The predicted octanol–water partition coefficient (Wildman–Crippen LogP) is 3.34. The highest BCUT2D eigenvalue weighted by Crippen LogP contribution is 2.24. The van der Waals surface area contributed by atoms with Crippen LogP contribution in [0.3, 0.4) is 0 Å². The highest BCUT2D eigenvalue weighted by molar-refractivity contribution is 5.95. The number of carbonyl (C=O) groups excluding carboxylic acids is 1. The van der Waals surface area contributed by atoms with Gasteiger partial charge < -0.3 is 10.0 Å². The maximum absolute atomic E-state index is 12.6. The van der Waals surface area contributed by atoms with Crippen LogP contribution in [0.1, 0.15) is 29.6 Å². The van der Waals surface area contributed by atoms with Crippen LogP contribution < -0.4 is 0 Å². The van der Waals surface area contributed by atoms with E-state index in [4.69, 9.17) is 5.11 Å². The molecule has 0 aliphatic carbocycles. The first-order valence-electron chi connectivity index (χ1n) is 7.87. The number of hydrogen-bond donors (Lipinski definition) is 1. The molecule has 1 heterocycles. The molecule has 1 unspecified atom stereocenters. The Bertz CT molecular complexity index is 622. The second-order valence-electron chi connectivity index (χ2n) is 5.75. The molecule has 1 atom stereocenters. The van der Waals surface area contributed by atoms with E-state index in [0.29, 0.717) is 6.42 Å². The molecule has 1 aliphatic rings. The van der Waals surface area contributed by atoms with Crippen molar-refractivity contribution in [2.75, 3.05) is 13.2 Å². The summed E-state index contributed by atoms with van der Waals surface area (Å²) in [5.74, 6) is 0.0792. The SMILES string of the molecule is O=C(c1ccc(-c2ccccc2)cc1)N1CCCC1CCO. The number of carbonyl (C=O) groups is 1. The lowest BCUT2D eigenvalue weighted by molar-refractivity contribution is 0.0716. The summed E-state index contributed by atoms with van der Waals surface area (Å²) in [6, 6.07) is 18.1. The first-order chi connectivity index (χ1) is 10.8. The van der Waals surface area contributed by atoms with Crippen LogP contribution in [-0.4, -0.2) is 35.1 Å². The zero-order chi connectivity index (χ0) is 15.4. The fraction of sp³-hybridized carbons (Fsp3) is 0.316. The molecule has 0 aromatic heterocycles. The highest BCUT2D eigenvalue weighted by Gasteiger charge is 2.28. The Morgan fingerprint density at radius 3 is 2.41 bits per heavy atom. The third-order valence-electron chi connectivity index (χ3n) is 4.34. The monoisotopic (exact) mass is 295 g/mol. The van der Waals surface area contributed by atoms with E-state index in [1.165, 1.54) is 0 Å². The predicted molar refractivity (Wildman–Crippen MR) is 87.6 cm³/mol. The summed E-state index contributed by atoms with van der Waals surface area (Å²) < 4.78 is 0. The van der Waals surface area contributed by atoms with Gasteiger partial charge in [0.2, 0.25) is 0 Å². The number of likely N-dealkylation sites (tertiary alicyclic amines) is 1. The Hall–Kier alpha value is -2.13. The molecule has 3 nitrogen and oxygen atoms in total. The molecule has 1 saturated heterocycles. The average molecular weight is 295 g/mol. The Morgan fingerprint density at radius 2 is 1.73 bits per heavy atom. The van der Waals surface area contributed by atoms with E-state index in [9.17, 15) is 4.79 Å². The molecular formula is C19H21NO2. The zero-order valence-electron chi connectivity index (χ0n) is 12.6. The van der Waals surface area contributed by atoms with E-state index in [0.717, 1.165) is 36.1 Å². The summed E-state index contributed by atoms with van der Waals surface area (Å²) in [7, 11) is 0. The van der Waals surface area contributed by atoms with Crippen LogP contribution in [0.5, 0.6) is 0 Å². The lowest BCUT2D eigenvalue weighted by Crippen LogP contribution is -2.36. The Morgan fingerprint density at radius 1 is 1.05 bits per heavy atom. The number of aliphatic hydroxyl groups is 1. The molecule has 3 heteroatoms. The Balaban J connectivity index is 1.76. The summed E-state index contributed by atoms with van der Waals surface area (Å²) >= 11 is 0. The topological polar surface area (TPSA) is 40.5 Å². The van der Waals surface area contributed by atoms with E-state index in [2.05, 4.69) is 12.1 Å². The molecule has 114 valence electrons. The fourth-order valence-electron chi connectivity index (χ4n) is 3.15. The number of hydrogen-bond acceptors (Lipinski definition) is 2. The standard InChI is InChI=1S/C19H21NO2/c21-14-12-18-7-4-13-20(18)19(22)17-10-8-16(9-11-17)15-5-2-1-3-6-15/h1-3,5-6,8-11,18,21H,4,7,12-14H2. The molecule has 2 aromatic carbocycles. The first-order valence-corrected chi connectivity index (χ1v) is 7.87. The van der Waals surface area contributed by atoms with E-state index in [1.54, 1.807) is 0 Å². The maximum Gasteiger partial charge on any atom is 0.254 e. The van der Waals surface area contributed by atoms with Crippen LogP contribution in [-0.2, 0) is 0 Å². The number of benzene rings is 2. The van der Waals surface area contributed by atoms with Gasteiger partial charge in [-0.3, -0.25) is 4.79 Å². The van der Waals surface area contributed by atoms with Crippen molar-refractivity contribution in [3.63, 3.8) is 0 Å². The minimum atomic E-state index is 0.0792. The fourth-order valence-corrected chi connectivity index (χ4v) is 3.15. The average Bonchev–Trinajstić information content (AvgIpc) is 3.04. The van der Waals surface area contributed by atoms with Gasteiger partial charge in [0.25, 0.3) is 5.91 Å². The Kier molecular flexibility index (Phi) is 4.54. The smallest absolute Gasteiger partial charge is 0.254 e. The lowest BCUT2D eigenvalue weighted by atomic mass is 10.0. The normalized spacial score (nSPS) is 17.7. The minimum Gasteiger partial charge on any atom is -0.396 e. The van der Waals surface area contributed by atoms with Crippen molar-refractivity contribution in [1.82, 2.24) is 4.90 Å². The molecule has 22 heavy (non-hydrogen) atoms. The van der Waals surface area contributed by atoms with E-state index >= 15 is 0 Å². The summed E-state index contributed by atoms with van der Waals surface area (Å²) in [5.41, 5.74) is 3.00. The largest absolute Gasteiger partial charge is 0.396 e. The van der Waals surface area contributed by atoms with Gasteiger partial charge in [-0.05, 0) is 42.5 Å². The summed E-state index contributed by atoms with van der Waals surface area (Å²) in [6.45, 7) is 0.936. The van der Waals surface area contributed by atoms with Crippen LogP contribution in [0.4, 0.5) is 0 Å². The molecular weight excluding hydrogens is 274 g/mol. The molecule has 0 bridgehead atoms. The third-order valence-corrected chi connectivity index (χ3v) is 4.34. The van der Waals surface area contributed by atoms with Crippen molar-refractivity contribution < 1.29 is 9.90 Å². The van der Waals surface area contributed by atoms with Gasteiger partial charge in [0.1, 0.15) is 0 Å². The number of nitrogens with zero attached hydrogens (tertiary/aromatic N) is 1. The zero-order valence-corrected chi connectivity index (χ0v) is 12.6. The van der Waals surface area contributed by atoms with E-state index < -0.39 is 0 Å². The van der Waals surface area contributed by atoms with Gasteiger partial charge in [0, 0.05) is 24.8 Å². The number of rotatable bonds is 4. The van der Waals surface area contributed by atoms with Crippen molar-refractivity contribution in [2.24, 2.45) is 0 Å². The van der Waals surface area contributed by atoms with Gasteiger partial charge in [0.05, 0.1) is 0 Å². The van der Waals surface area contributed by atoms with E-state index in [-0.39, 0.29) is 18.6 Å². The lowest BCUT2D eigenvalue weighted by Gasteiger charge is -2.24. The van der Waals surface area contributed by atoms with Crippen molar-refractivity contribution >= 4 is 5.91 Å². The molecule has 0 radical (unpaired) electrons. The summed E-state index contributed by atoms with van der Waals surface area (Å²) in [6.07, 6.45) is 2.70. The summed E-state index contributed by atoms with van der Waals surface area (Å²) in [5, 5.41) is 9.12. The number of amides is 1. The van der Waals surface area contributed by atoms with Gasteiger partial charge in [-0.25, -0.2) is 0 Å². The van der Waals surface area contributed by atoms with Gasteiger partial charge in [-0.15, -0.1) is 0 Å². The quantitative estimate of drug-likeness (QED) is 0.940. The maximum atomic E-state index is 12.6. The highest BCUT2D eigenvalue weighted by atomic mass is 16.3. The second-order valence-corrected chi connectivity index (χ2v) is 5.75. The minimum absolute atomic E-state index is 0.0792. The van der Waals surface area contributed by atoms with E-state index in [1.807, 2.05) is 47.4 Å². The van der Waals surface area contributed by atoms with Gasteiger partial charge in [-0.2, -0.15) is 0 Å². The molecule has 1 N–H and O–H groups in total. The molecule has 3 rings (SSSR count). The molecule has 1 fully saturated rings.